The van der Waals surface area contributed by atoms with E-state index in [1.165, 1.54) is 0 Å². The molecule has 21 heavy (non-hydrogen) atoms. The number of ether oxygens (including phenoxy) is 1. The van der Waals surface area contributed by atoms with E-state index in [4.69, 9.17) is 10.5 Å². The smallest absolute Gasteiger partial charge is 0.316 e. The highest BCUT2D eigenvalue weighted by Gasteiger charge is 2.24. The lowest BCUT2D eigenvalue weighted by Crippen LogP contribution is -2.41. The molecule has 0 aliphatic carbocycles. The second-order valence-corrected chi connectivity index (χ2v) is 5.28. The Labute approximate surface area is 124 Å². The fraction of sp³-hybridized carbons (Fsp3) is 0.467. The lowest BCUT2D eigenvalue weighted by atomic mass is 9.98. The van der Waals surface area contributed by atoms with Gasteiger partial charge in [0.05, 0.1) is 6.61 Å². The van der Waals surface area contributed by atoms with Gasteiger partial charge in [0, 0.05) is 31.5 Å². The summed E-state index contributed by atoms with van der Waals surface area (Å²) >= 11 is 0. The van der Waals surface area contributed by atoms with Gasteiger partial charge in [-0.2, -0.15) is 0 Å². The third kappa shape index (κ3) is 4.19. The van der Waals surface area contributed by atoms with Crippen LogP contribution in [0.2, 0.25) is 0 Å². The minimum Gasteiger partial charge on any atom is -0.384 e. The molecule has 1 aromatic rings. The van der Waals surface area contributed by atoms with Gasteiger partial charge >= 0.3 is 6.03 Å². The third-order valence-electron chi connectivity index (χ3n) is 3.59. The molecule has 0 bridgehead atoms. The first kappa shape index (κ1) is 15.3. The number of nitrogens with one attached hydrogen (secondary N) is 1. The van der Waals surface area contributed by atoms with Crippen molar-refractivity contribution in [3.8, 4) is 0 Å². The zero-order chi connectivity index (χ0) is 15.2. The van der Waals surface area contributed by atoms with Gasteiger partial charge in [0.1, 0.15) is 0 Å². The Hall–Kier alpha value is -2.08. The van der Waals surface area contributed by atoms with Gasteiger partial charge < -0.3 is 20.7 Å². The standard InChI is InChI=1S/C15H21N3O3/c1-21-10-11-4-3-7-18(9-11)14(19)12-5-2-6-13(8-12)17-15(16)20/h2,5-6,8,11H,3-4,7,9-10H2,1H3,(H3,16,17,20). The molecular formula is C15H21N3O3. The monoisotopic (exact) mass is 291 g/mol. The van der Waals surface area contributed by atoms with Gasteiger partial charge in [-0.1, -0.05) is 6.07 Å². The fourth-order valence-electron chi connectivity index (χ4n) is 2.68. The fourth-order valence-corrected chi connectivity index (χ4v) is 2.68. The number of nitrogens with two attached hydrogens (primary N) is 1. The molecule has 1 aromatic carbocycles. The van der Waals surface area contributed by atoms with Crippen molar-refractivity contribution in [1.29, 1.82) is 0 Å². The molecule has 1 unspecified atom stereocenters. The minimum absolute atomic E-state index is 0.0241. The molecule has 0 aromatic heterocycles. The van der Waals surface area contributed by atoms with Crippen molar-refractivity contribution in [1.82, 2.24) is 4.90 Å². The van der Waals surface area contributed by atoms with Crippen LogP contribution >= 0.6 is 0 Å². The largest absolute Gasteiger partial charge is 0.384 e. The summed E-state index contributed by atoms with van der Waals surface area (Å²) in [7, 11) is 1.68. The number of hydrogen-bond donors (Lipinski definition) is 2. The van der Waals surface area contributed by atoms with Crippen LogP contribution in [0.25, 0.3) is 0 Å². The maximum Gasteiger partial charge on any atom is 0.316 e. The number of urea groups is 1. The molecule has 1 saturated heterocycles. The van der Waals surface area contributed by atoms with Gasteiger partial charge in [0.25, 0.3) is 5.91 Å². The molecule has 114 valence electrons. The number of likely N-dealkylation sites (tertiary alicyclic amines) is 1. The molecule has 3 amide bonds. The second-order valence-electron chi connectivity index (χ2n) is 5.28. The number of methoxy groups -OCH3 is 1. The quantitative estimate of drug-likeness (QED) is 0.885. The summed E-state index contributed by atoms with van der Waals surface area (Å²) in [5.41, 5.74) is 6.17. The van der Waals surface area contributed by atoms with Crippen molar-refractivity contribution >= 4 is 17.6 Å². The Morgan fingerprint density at radius 1 is 1.48 bits per heavy atom. The van der Waals surface area contributed by atoms with Crippen molar-refractivity contribution in [3.05, 3.63) is 29.8 Å². The number of primary amides is 1. The minimum atomic E-state index is -0.641. The number of nitrogens with zero attached hydrogens (tertiary/aromatic N) is 1. The van der Waals surface area contributed by atoms with Crippen molar-refractivity contribution in [2.75, 3.05) is 32.1 Å². The Morgan fingerprint density at radius 3 is 3.00 bits per heavy atom. The molecule has 6 heteroatoms. The van der Waals surface area contributed by atoms with E-state index in [1.807, 2.05) is 4.90 Å². The summed E-state index contributed by atoms with van der Waals surface area (Å²) in [6.07, 6.45) is 2.07. The predicted molar refractivity (Wildman–Crippen MR) is 80.2 cm³/mol. The van der Waals surface area contributed by atoms with Crippen LogP contribution in [-0.2, 0) is 4.74 Å². The van der Waals surface area contributed by atoms with Gasteiger partial charge in [-0.25, -0.2) is 4.79 Å². The first-order valence-corrected chi connectivity index (χ1v) is 7.05. The first-order valence-electron chi connectivity index (χ1n) is 7.05. The highest BCUT2D eigenvalue weighted by molar-refractivity contribution is 5.96. The molecule has 1 fully saturated rings. The zero-order valence-electron chi connectivity index (χ0n) is 12.2. The summed E-state index contributed by atoms with van der Waals surface area (Å²) in [5.74, 6) is 0.364. The normalized spacial score (nSPS) is 18.3. The number of amides is 3. The van der Waals surface area contributed by atoms with Crippen LogP contribution in [0.4, 0.5) is 10.5 Å². The summed E-state index contributed by atoms with van der Waals surface area (Å²) in [4.78, 5) is 25.2. The molecule has 1 aliphatic heterocycles. The zero-order valence-corrected chi connectivity index (χ0v) is 12.2. The number of anilines is 1. The number of carbonyl (C=O) groups is 2. The van der Waals surface area contributed by atoms with Gasteiger partial charge in [0.15, 0.2) is 0 Å². The average molecular weight is 291 g/mol. The number of rotatable bonds is 4. The van der Waals surface area contributed by atoms with E-state index in [0.29, 0.717) is 30.3 Å². The second kappa shape index (κ2) is 7.08. The Bertz CT molecular complexity index is 517. The molecule has 0 radical (unpaired) electrons. The summed E-state index contributed by atoms with van der Waals surface area (Å²) < 4.78 is 5.18. The topological polar surface area (TPSA) is 84.7 Å². The number of piperidine rings is 1. The maximum atomic E-state index is 12.5. The van der Waals surface area contributed by atoms with Crippen LogP contribution in [0, 0.1) is 5.92 Å². The van der Waals surface area contributed by atoms with E-state index < -0.39 is 6.03 Å². The van der Waals surface area contributed by atoms with Crippen molar-refractivity contribution in [2.45, 2.75) is 12.8 Å². The van der Waals surface area contributed by atoms with E-state index in [2.05, 4.69) is 5.32 Å². The average Bonchev–Trinajstić information content (AvgIpc) is 2.47. The van der Waals surface area contributed by atoms with Gasteiger partial charge in [-0.15, -0.1) is 0 Å². The maximum absolute atomic E-state index is 12.5. The summed E-state index contributed by atoms with van der Waals surface area (Å²) in [6.45, 7) is 2.14. The summed E-state index contributed by atoms with van der Waals surface area (Å²) in [5, 5.41) is 2.48. The molecular weight excluding hydrogens is 270 g/mol. The van der Waals surface area contributed by atoms with Crippen LogP contribution in [-0.4, -0.2) is 43.6 Å². The number of benzene rings is 1. The Morgan fingerprint density at radius 2 is 2.29 bits per heavy atom. The highest BCUT2D eigenvalue weighted by Crippen LogP contribution is 2.20. The van der Waals surface area contributed by atoms with Crippen molar-refractivity contribution in [2.24, 2.45) is 11.7 Å². The van der Waals surface area contributed by atoms with Crippen molar-refractivity contribution in [3.63, 3.8) is 0 Å². The summed E-state index contributed by atoms with van der Waals surface area (Å²) in [6, 6.07) is 6.18. The van der Waals surface area contributed by atoms with Crippen molar-refractivity contribution < 1.29 is 14.3 Å². The van der Waals surface area contributed by atoms with E-state index in [-0.39, 0.29) is 5.91 Å². The predicted octanol–water partition coefficient (Wildman–Crippen LogP) is 1.68. The third-order valence-corrected chi connectivity index (χ3v) is 3.59. The molecule has 6 nitrogen and oxygen atoms in total. The Kier molecular flexibility index (Phi) is 5.16. The Balaban J connectivity index is 2.06. The van der Waals surface area contributed by atoms with E-state index in [0.717, 1.165) is 19.4 Å². The first-order chi connectivity index (χ1) is 10.1. The van der Waals surface area contributed by atoms with Gasteiger partial charge in [-0.3, -0.25) is 4.79 Å². The van der Waals surface area contributed by atoms with E-state index in [1.54, 1.807) is 31.4 Å². The van der Waals surface area contributed by atoms with Gasteiger partial charge in [0.2, 0.25) is 0 Å². The van der Waals surface area contributed by atoms with Crippen LogP contribution in [0.5, 0.6) is 0 Å². The SMILES string of the molecule is COCC1CCCN(C(=O)c2cccc(NC(N)=O)c2)C1. The molecule has 1 atom stereocenters. The van der Waals surface area contributed by atoms with E-state index >= 15 is 0 Å². The van der Waals surface area contributed by atoms with Crippen LogP contribution in [0.3, 0.4) is 0 Å². The molecule has 0 saturated carbocycles. The number of hydrogen-bond acceptors (Lipinski definition) is 3. The molecule has 0 spiro atoms. The molecule has 1 heterocycles. The molecule has 3 N–H and O–H groups in total. The van der Waals surface area contributed by atoms with E-state index in [9.17, 15) is 9.59 Å². The van der Waals surface area contributed by atoms with Crippen LogP contribution in [0.1, 0.15) is 23.2 Å². The van der Waals surface area contributed by atoms with Crippen LogP contribution in [0.15, 0.2) is 24.3 Å². The lowest BCUT2D eigenvalue weighted by Gasteiger charge is -2.32. The molecule has 1 aliphatic rings. The molecule has 2 rings (SSSR count). The van der Waals surface area contributed by atoms with Gasteiger partial charge in [-0.05, 0) is 37.0 Å². The number of carbonyl (C=O) groups excluding carboxylic acids is 2. The lowest BCUT2D eigenvalue weighted by molar-refractivity contribution is 0.0571. The highest BCUT2D eigenvalue weighted by atomic mass is 16.5. The van der Waals surface area contributed by atoms with Crippen LogP contribution < -0.4 is 11.1 Å².